The second kappa shape index (κ2) is 5.49. The molecule has 19 heavy (non-hydrogen) atoms. The Morgan fingerprint density at radius 3 is 2.21 bits per heavy atom. The van der Waals surface area contributed by atoms with Gasteiger partial charge in [0, 0.05) is 11.3 Å². The van der Waals surface area contributed by atoms with Crippen molar-refractivity contribution in [3.8, 4) is 0 Å². The van der Waals surface area contributed by atoms with Crippen LogP contribution in [0.3, 0.4) is 0 Å². The molecular formula is C16H15NOS. The van der Waals surface area contributed by atoms with E-state index in [0.29, 0.717) is 5.25 Å². The van der Waals surface area contributed by atoms with Crippen LogP contribution in [0.5, 0.6) is 0 Å². The van der Waals surface area contributed by atoms with Crippen LogP contribution in [-0.4, -0.2) is 17.7 Å². The van der Waals surface area contributed by atoms with E-state index in [1.165, 1.54) is 5.56 Å². The molecule has 3 rings (SSSR count). The zero-order valence-corrected chi connectivity index (χ0v) is 11.3. The Labute approximate surface area is 117 Å². The highest BCUT2D eigenvalue weighted by Crippen LogP contribution is 2.42. The molecule has 0 spiro atoms. The minimum absolute atomic E-state index is 0.0202. The van der Waals surface area contributed by atoms with Crippen molar-refractivity contribution in [1.29, 1.82) is 0 Å². The maximum absolute atomic E-state index is 12.1. The smallest absolute Gasteiger partial charge is 0.251 e. The summed E-state index contributed by atoms with van der Waals surface area (Å²) in [5.74, 6) is 1.00. The molecule has 2 aromatic carbocycles. The van der Waals surface area contributed by atoms with Crippen LogP contribution in [-0.2, 0) is 0 Å². The lowest BCUT2D eigenvalue weighted by Crippen LogP contribution is -2.45. The summed E-state index contributed by atoms with van der Waals surface area (Å²) in [7, 11) is 0. The van der Waals surface area contributed by atoms with Crippen molar-refractivity contribution in [2.45, 2.75) is 11.3 Å². The van der Waals surface area contributed by atoms with E-state index in [-0.39, 0.29) is 11.9 Å². The van der Waals surface area contributed by atoms with Crippen LogP contribution in [0.2, 0.25) is 0 Å². The van der Waals surface area contributed by atoms with Crippen molar-refractivity contribution in [2.75, 3.05) is 5.75 Å². The number of nitrogens with one attached hydrogen (secondary N) is 1. The van der Waals surface area contributed by atoms with Crippen molar-refractivity contribution >= 4 is 17.7 Å². The molecule has 1 N–H and O–H groups in total. The van der Waals surface area contributed by atoms with Crippen molar-refractivity contribution in [3.05, 3.63) is 71.8 Å². The van der Waals surface area contributed by atoms with Crippen LogP contribution >= 0.6 is 11.8 Å². The van der Waals surface area contributed by atoms with Gasteiger partial charge in [-0.1, -0.05) is 48.5 Å². The molecule has 96 valence electrons. The van der Waals surface area contributed by atoms with Gasteiger partial charge in [-0.25, -0.2) is 0 Å². The maximum Gasteiger partial charge on any atom is 0.251 e. The number of carbonyl (C=O) groups is 1. The van der Waals surface area contributed by atoms with E-state index < -0.39 is 0 Å². The largest absolute Gasteiger partial charge is 0.347 e. The van der Waals surface area contributed by atoms with Gasteiger partial charge < -0.3 is 5.32 Å². The fourth-order valence-corrected chi connectivity index (χ4v) is 3.30. The predicted octanol–water partition coefficient (Wildman–Crippen LogP) is 3.27. The highest BCUT2D eigenvalue weighted by Gasteiger charge is 2.34. The van der Waals surface area contributed by atoms with Crippen molar-refractivity contribution < 1.29 is 4.79 Å². The number of thioether (sulfide) groups is 1. The molecule has 3 heteroatoms. The van der Waals surface area contributed by atoms with E-state index in [1.807, 2.05) is 60.3 Å². The Hall–Kier alpha value is -1.74. The molecule has 0 saturated carbocycles. The van der Waals surface area contributed by atoms with Gasteiger partial charge in [-0.15, -0.1) is 11.8 Å². The number of hydrogen-bond acceptors (Lipinski definition) is 2. The average Bonchev–Trinajstić information content (AvgIpc) is 2.45. The number of hydrogen-bond donors (Lipinski definition) is 1. The van der Waals surface area contributed by atoms with Gasteiger partial charge >= 0.3 is 0 Å². The fraction of sp³-hybridized carbons (Fsp3) is 0.188. The van der Waals surface area contributed by atoms with Crippen LogP contribution < -0.4 is 5.32 Å². The standard InChI is InChI=1S/C16H15NOS/c18-16(13-9-5-2-6-10-13)17-14-11-19-15(14)12-7-3-1-4-8-12/h1-10,14-15H,11H2,(H,17,18). The molecule has 1 fully saturated rings. The van der Waals surface area contributed by atoms with Crippen molar-refractivity contribution in [1.82, 2.24) is 5.32 Å². The minimum Gasteiger partial charge on any atom is -0.347 e. The summed E-state index contributed by atoms with van der Waals surface area (Å²) in [4.78, 5) is 12.1. The monoisotopic (exact) mass is 269 g/mol. The molecule has 1 aliphatic heterocycles. The number of rotatable bonds is 3. The van der Waals surface area contributed by atoms with Gasteiger partial charge in [0.05, 0.1) is 11.3 Å². The third-order valence-electron chi connectivity index (χ3n) is 3.30. The number of benzene rings is 2. The van der Waals surface area contributed by atoms with Gasteiger partial charge in [-0.3, -0.25) is 4.79 Å². The SMILES string of the molecule is O=C(NC1CSC1c1ccccc1)c1ccccc1. The molecular weight excluding hydrogens is 254 g/mol. The summed E-state index contributed by atoms with van der Waals surface area (Å²) < 4.78 is 0. The second-order valence-electron chi connectivity index (χ2n) is 4.61. The first-order valence-corrected chi connectivity index (χ1v) is 7.42. The van der Waals surface area contributed by atoms with E-state index in [1.54, 1.807) is 0 Å². The zero-order chi connectivity index (χ0) is 13.1. The molecule has 0 bridgehead atoms. The first kappa shape index (κ1) is 12.3. The summed E-state index contributed by atoms with van der Waals surface area (Å²) in [6, 6.07) is 20.0. The first-order chi connectivity index (χ1) is 9.34. The Bertz CT molecular complexity index is 555. The average molecular weight is 269 g/mol. The van der Waals surface area contributed by atoms with Crippen LogP contribution in [0.25, 0.3) is 0 Å². The molecule has 0 aromatic heterocycles. The number of carbonyl (C=O) groups excluding carboxylic acids is 1. The lowest BCUT2D eigenvalue weighted by atomic mass is 10.0. The van der Waals surface area contributed by atoms with Gasteiger partial charge in [0.15, 0.2) is 0 Å². The third kappa shape index (κ3) is 2.66. The molecule has 1 aliphatic rings. The highest BCUT2D eigenvalue weighted by molar-refractivity contribution is 8.01. The number of amides is 1. The van der Waals surface area contributed by atoms with Gasteiger partial charge in [0.25, 0.3) is 5.91 Å². The molecule has 1 saturated heterocycles. The molecule has 1 heterocycles. The van der Waals surface area contributed by atoms with Crippen LogP contribution in [0.15, 0.2) is 60.7 Å². The summed E-state index contributed by atoms with van der Waals surface area (Å²) in [6.07, 6.45) is 0. The quantitative estimate of drug-likeness (QED) is 0.926. The fourth-order valence-electron chi connectivity index (χ4n) is 2.22. The van der Waals surface area contributed by atoms with Crippen LogP contribution in [0, 0.1) is 0 Å². The van der Waals surface area contributed by atoms with Crippen molar-refractivity contribution in [3.63, 3.8) is 0 Å². The summed E-state index contributed by atoms with van der Waals surface area (Å²) >= 11 is 1.89. The Morgan fingerprint density at radius 1 is 1.00 bits per heavy atom. The minimum atomic E-state index is 0.0202. The molecule has 0 radical (unpaired) electrons. The lowest BCUT2D eigenvalue weighted by molar-refractivity contribution is 0.0938. The van der Waals surface area contributed by atoms with E-state index in [4.69, 9.17) is 0 Å². The zero-order valence-electron chi connectivity index (χ0n) is 10.5. The Kier molecular flexibility index (Phi) is 3.56. The normalized spacial score (nSPS) is 21.5. The first-order valence-electron chi connectivity index (χ1n) is 6.37. The topological polar surface area (TPSA) is 29.1 Å². The van der Waals surface area contributed by atoms with Gasteiger partial charge in [0.1, 0.15) is 0 Å². The third-order valence-corrected chi connectivity index (χ3v) is 4.81. The Balaban J connectivity index is 1.67. The van der Waals surface area contributed by atoms with E-state index >= 15 is 0 Å². The highest BCUT2D eigenvalue weighted by atomic mass is 32.2. The van der Waals surface area contributed by atoms with E-state index in [2.05, 4.69) is 17.4 Å². The van der Waals surface area contributed by atoms with Gasteiger partial charge in [0.2, 0.25) is 0 Å². The molecule has 2 unspecified atom stereocenters. The van der Waals surface area contributed by atoms with E-state index in [9.17, 15) is 4.79 Å². The summed E-state index contributed by atoms with van der Waals surface area (Å²) in [5.41, 5.74) is 2.02. The molecule has 0 aliphatic carbocycles. The van der Waals surface area contributed by atoms with E-state index in [0.717, 1.165) is 11.3 Å². The molecule has 2 nitrogen and oxygen atoms in total. The summed E-state index contributed by atoms with van der Waals surface area (Å²) in [5, 5.41) is 3.50. The lowest BCUT2D eigenvalue weighted by Gasteiger charge is -2.36. The second-order valence-corrected chi connectivity index (χ2v) is 5.79. The van der Waals surface area contributed by atoms with Crippen LogP contribution in [0.1, 0.15) is 21.2 Å². The molecule has 2 atom stereocenters. The predicted molar refractivity (Wildman–Crippen MR) is 79.3 cm³/mol. The van der Waals surface area contributed by atoms with Crippen molar-refractivity contribution in [2.24, 2.45) is 0 Å². The Morgan fingerprint density at radius 2 is 1.63 bits per heavy atom. The van der Waals surface area contributed by atoms with Gasteiger partial charge in [-0.05, 0) is 17.7 Å². The molecule has 2 aromatic rings. The maximum atomic E-state index is 12.1. The molecule has 1 amide bonds. The van der Waals surface area contributed by atoms with Crippen LogP contribution in [0.4, 0.5) is 0 Å². The van der Waals surface area contributed by atoms with Gasteiger partial charge in [-0.2, -0.15) is 0 Å². The summed E-state index contributed by atoms with van der Waals surface area (Å²) in [6.45, 7) is 0.